The van der Waals surface area contributed by atoms with Gasteiger partial charge in [-0.2, -0.15) is 0 Å². The summed E-state index contributed by atoms with van der Waals surface area (Å²) < 4.78 is 3.51. The zero-order chi connectivity index (χ0) is 20.5. The maximum Gasteiger partial charge on any atom is 0.293 e. The third-order valence-corrected chi connectivity index (χ3v) is 6.01. The monoisotopic (exact) mass is 404 g/mol. The van der Waals surface area contributed by atoms with E-state index in [1.165, 1.54) is 0 Å². The summed E-state index contributed by atoms with van der Waals surface area (Å²) in [6, 6.07) is 5.62. The molecule has 3 aromatic heterocycles. The minimum Gasteiger partial charge on any atom is -0.352 e. The van der Waals surface area contributed by atoms with Crippen molar-refractivity contribution in [1.82, 2.24) is 24.1 Å². The van der Waals surface area contributed by atoms with Gasteiger partial charge in [0.2, 0.25) is 0 Å². The molecular weight excluding hydrogens is 380 g/mol. The Morgan fingerprint density at radius 3 is 2.43 bits per heavy atom. The average Bonchev–Trinajstić information content (AvgIpc) is 3.62. The molecule has 1 aliphatic carbocycles. The predicted octanol–water partition coefficient (Wildman–Crippen LogP) is 2.11. The molecule has 1 saturated carbocycles. The van der Waals surface area contributed by atoms with Crippen LogP contribution >= 0.6 is 0 Å². The van der Waals surface area contributed by atoms with Gasteiger partial charge in [-0.15, -0.1) is 0 Å². The van der Waals surface area contributed by atoms with Crippen LogP contribution in [0.15, 0.2) is 58.9 Å². The largest absolute Gasteiger partial charge is 0.352 e. The molecule has 8 heteroatoms. The van der Waals surface area contributed by atoms with Crippen molar-refractivity contribution in [1.29, 1.82) is 0 Å². The molecule has 0 unspecified atom stereocenters. The average molecular weight is 404 g/mol. The highest BCUT2D eigenvalue weighted by atomic mass is 16.1. The number of anilines is 1. The number of piperidine rings is 1. The van der Waals surface area contributed by atoms with Crippen molar-refractivity contribution in [3.8, 4) is 11.3 Å². The summed E-state index contributed by atoms with van der Waals surface area (Å²) in [6.45, 7) is 2.20. The second-order valence-corrected chi connectivity index (χ2v) is 8.13. The molecule has 30 heavy (non-hydrogen) atoms. The van der Waals surface area contributed by atoms with E-state index in [4.69, 9.17) is 0 Å². The van der Waals surface area contributed by atoms with Gasteiger partial charge in [-0.25, -0.2) is 9.97 Å². The van der Waals surface area contributed by atoms with Crippen LogP contribution in [0.2, 0.25) is 0 Å². The summed E-state index contributed by atoms with van der Waals surface area (Å²) in [7, 11) is 0. The Morgan fingerprint density at radius 2 is 1.73 bits per heavy atom. The van der Waals surface area contributed by atoms with Gasteiger partial charge in [0.05, 0.1) is 12.0 Å². The van der Waals surface area contributed by atoms with E-state index in [0.717, 1.165) is 44.3 Å². The van der Waals surface area contributed by atoms with E-state index in [1.54, 1.807) is 41.7 Å². The lowest BCUT2D eigenvalue weighted by Crippen LogP contribution is -2.40. The fraction of sp³-hybridized carbons (Fsp3) is 0.409. The van der Waals surface area contributed by atoms with E-state index >= 15 is 0 Å². The summed E-state index contributed by atoms with van der Waals surface area (Å²) in [4.78, 5) is 40.2. The van der Waals surface area contributed by atoms with Crippen LogP contribution in [0.25, 0.3) is 11.3 Å². The molecule has 0 atom stereocenters. The molecule has 0 N–H and O–H groups in total. The SMILES string of the molecule is O=c1cc(-c2ccncc2)ncn1CC1CCN(c2nccn(C3CC3)c2=O)CC1. The Labute approximate surface area is 173 Å². The smallest absolute Gasteiger partial charge is 0.293 e. The Bertz CT molecular complexity index is 1140. The first-order valence-electron chi connectivity index (χ1n) is 10.5. The normalized spacial score (nSPS) is 17.3. The van der Waals surface area contributed by atoms with Crippen LogP contribution in [-0.2, 0) is 6.54 Å². The van der Waals surface area contributed by atoms with Crippen LogP contribution in [0.5, 0.6) is 0 Å². The zero-order valence-corrected chi connectivity index (χ0v) is 16.7. The van der Waals surface area contributed by atoms with E-state index in [2.05, 4.69) is 19.9 Å². The van der Waals surface area contributed by atoms with Crippen molar-refractivity contribution in [2.24, 2.45) is 5.92 Å². The number of pyridine rings is 1. The highest BCUT2D eigenvalue weighted by molar-refractivity contribution is 5.57. The third kappa shape index (κ3) is 3.77. The molecule has 1 aliphatic heterocycles. The van der Waals surface area contributed by atoms with Crippen LogP contribution in [0.4, 0.5) is 5.82 Å². The molecule has 2 aliphatic rings. The van der Waals surface area contributed by atoms with Crippen molar-refractivity contribution in [2.45, 2.75) is 38.3 Å². The lowest BCUT2D eigenvalue weighted by Gasteiger charge is -2.32. The van der Waals surface area contributed by atoms with Gasteiger partial charge in [0.15, 0.2) is 5.82 Å². The lowest BCUT2D eigenvalue weighted by molar-refractivity contribution is 0.349. The Hall–Kier alpha value is -3.29. The van der Waals surface area contributed by atoms with Crippen molar-refractivity contribution >= 4 is 5.82 Å². The highest BCUT2D eigenvalue weighted by Gasteiger charge is 2.28. The standard InChI is InChI=1S/C22H24N6O2/c29-20-13-19(17-3-7-23-8-4-17)25-15-27(20)14-16-5-10-26(11-6-16)21-22(30)28(12-9-24-21)18-1-2-18/h3-4,7-9,12-13,15-16,18H,1-2,5-6,10-11,14H2. The minimum absolute atomic E-state index is 0.0190. The Balaban J connectivity index is 1.24. The first kappa shape index (κ1) is 18.7. The molecular formula is C22H24N6O2. The summed E-state index contributed by atoms with van der Waals surface area (Å²) in [6.07, 6.45) is 12.5. The molecule has 5 rings (SSSR count). The third-order valence-electron chi connectivity index (χ3n) is 6.01. The van der Waals surface area contributed by atoms with Gasteiger partial charge in [-0.05, 0) is 43.7 Å². The fourth-order valence-electron chi connectivity index (χ4n) is 4.12. The van der Waals surface area contributed by atoms with Crippen molar-refractivity contribution in [3.63, 3.8) is 0 Å². The molecule has 0 amide bonds. The Kier molecular flexibility index (Phi) is 4.90. The number of nitrogens with zero attached hydrogens (tertiary/aromatic N) is 6. The van der Waals surface area contributed by atoms with Gasteiger partial charge in [0.25, 0.3) is 11.1 Å². The number of hydrogen-bond acceptors (Lipinski definition) is 6. The Morgan fingerprint density at radius 1 is 0.967 bits per heavy atom. The number of hydrogen-bond donors (Lipinski definition) is 0. The predicted molar refractivity (Wildman–Crippen MR) is 113 cm³/mol. The summed E-state index contributed by atoms with van der Waals surface area (Å²) >= 11 is 0. The zero-order valence-electron chi connectivity index (χ0n) is 16.7. The van der Waals surface area contributed by atoms with Crippen LogP contribution in [0.1, 0.15) is 31.7 Å². The summed E-state index contributed by atoms with van der Waals surface area (Å²) in [5.74, 6) is 0.935. The minimum atomic E-state index is -0.0451. The molecule has 2 fully saturated rings. The maximum absolute atomic E-state index is 12.7. The van der Waals surface area contributed by atoms with Gasteiger partial charge in [0, 0.05) is 62.1 Å². The topological polar surface area (TPSA) is 85.9 Å². The van der Waals surface area contributed by atoms with Gasteiger partial charge < -0.3 is 9.47 Å². The molecule has 8 nitrogen and oxygen atoms in total. The van der Waals surface area contributed by atoms with E-state index in [9.17, 15) is 9.59 Å². The number of aromatic nitrogens is 5. The molecule has 0 radical (unpaired) electrons. The van der Waals surface area contributed by atoms with Crippen molar-refractivity contribution < 1.29 is 0 Å². The van der Waals surface area contributed by atoms with Crippen molar-refractivity contribution in [3.05, 3.63) is 70.0 Å². The fourth-order valence-corrected chi connectivity index (χ4v) is 4.12. The van der Waals surface area contributed by atoms with E-state index in [-0.39, 0.29) is 11.1 Å². The van der Waals surface area contributed by atoms with Crippen LogP contribution in [0.3, 0.4) is 0 Å². The molecule has 3 aromatic rings. The second-order valence-electron chi connectivity index (χ2n) is 8.13. The number of rotatable bonds is 5. The van der Waals surface area contributed by atoms with Crippen LogP contribution in [0, 0.1) is 5.92 Å². The van der Waals surface area contributed by atoms with E-state index in [1.807, 2.05) is 16.7 Å². The van der Waals surface area contributed by atoms with Gasteiger partial charge in [-0.1, -0.05) is 0 Å². The van der Waals surface area contributed by atoms with E-state index < -0.39 is 0 Å². The summed E-state index contributed by atoms with van der Waals surface area (Å²) in [5, 5.41) is 0. The first-order chi connectivity index (χ1) is 14.7. The summed E-state index contributed by atoms with van der Waals surface area (Å²) in [5.41, 5.74) is 1.52. The van der Waals surface area contributed by atoms with Crippen molar-refractivity contribution in [2.75, 3.05) is 18.0 Å². The molecule has 0 aromatic carbocycles. The van der Waals surface area contributed by atoms with Gasteiger partial charge in [0.1, 0.15) is 0 Å². The molecule has 0 spiro atoms. The second kappa shape index (κ2) is 7.85. The molecule has 0 bridgehead atoms. The molecule has 4 heterocycles. The molecule has 154 valence electrons. The van der Waals surface area contributed by atoms with Crippen LogP contribution < -0.4 is 16.0 Å². The quantitative estimate of drug-likeness (QED) is 0.647. The maximum atomic E-state index is 12.7. The van der Waals surface area contributed by atoms with E-state index in [0.29, 0.717) is 30.0 Å². The highest BCUT2D eigenvalue weighted by Crippen LogP contribution is 2.33. The first-order valence-corrected chi connectivity index (χ1v) is 10.5. The molecule has 1 saturated heterocycles. The van der Waals surface area contributed by atoms with Crippen LogP contribution in [-0.4, -0.2) is 37.2 Å². The lowest BCUT2D eigenvalue weighted by atomic mass is 9.96. The van der Waals surface area contributed by atoms with Gasteiger partial charge in [-0.3, -0.25) is 19.1 Å². The van der Waals surface area contributed by atoms with Gasteiger partial charge >= 0.3 is 0 Å².